The molecule has 10 nitrogen and oxygen atoms in total. The average Bonchev–Trinajstić information content (AvgIpc) is 3.37. The quantitative estimate of drug-likeness (QED) is 0.569. The number of hydrogen-bond donors (Lipinski definition) is 2. The Labute approximate surface area is 147 Å². The minimum absolute atomic E-state index is 0.177. The molecule has 4 rings (SSSR count). The number of hydrogen-bond acceptors (Lipinski definition) is 7. The fraction of sp³-hybridized carbons (Fsp3) is 0.188. The number of nitrogens with one attached hydrogen (secondary N) is 2. The first-order valence-corrected chi connectivity index (χ1v) is 7.92. The van der Waals surface area contributed by atoms with Gasteiger partial charge in [0.2, 0.25) is 11.5 Å². The van der Waals surface area contributed by atoms with Crippen molar-refractivity contribution in [2.75, 3.05) is 7.05 Å². The van der Waals surface area contributed by atoms with Crippen LogP contribution in [0.15, 0.2) is 36.4 Å². The Kier molecular flexibility index (Phi) is 3.84. The van der Waals surface area contributed by atoms with Crippen LogP contribution >= 0.6 is 0 Å². The van der Waals surface area contributed by atoms with Gasteiger partial charge in [-0.3, -0.25) is 4.79 Å². The fourth-order valence-corrected chi connectivity index (χ4v) is 2.66. The van der Waals surface area contributed by atoms with Crippen molar-refractivity contribution < 1.29 is 4.79 Å². The Morgan fingerprint density at radius 2 is 2.00 bits per heavy atom. The Morgan fingerprint density at radius 3 is 2.81 bits per heavy atom. The Balaban J connectivity index is 1.60. The number of tetrazole rings is 1. The Morgan fingerprint density at radius 1 is 1.12 bits per heavy atom. The van der Waals surface area contributed by atoms with Crippen molar-refractivity contribution in [2.24, 2.45) is 0 Å². The minimum Gasteiger partial charge on any atom is -0.334 e. The number of amides is 1. The van der Waals surface area contributed by atoms with Crippen LogP contribution in [0.25, 0.3) is 22.6 Å². The predicted molar refractivity (Wildman–Crippen MR) is 91.8 cm³/mol. The van der Waals surface area contributed by atoms with E-state index in [4.69, 9.17) is 0 Å². The van der Waals surface area contributed by atoms with E-state index in [0.29, 0.717) is 22.7 Å². The van der Waals surface area contributed by atoms with Crippen molar-refractivity contribution in [1.82, 2.24) is 45.9 Å². The molecule has 0 aliphatic carbocycles. The van der Waals surface area contributed by atoms with Crippen LogP contribution in [0.3, 0.4) is 0 Å². The summed E-state index contributed by atoms with van der Waals surface area (Å²) in [6.07, 6.45) is 0. The van der Waals surface area contributed by atoms with Gasteiger partial charge in [0.25, 0.3) is 5.91 Å². The number of aromatic nitrogens is 8. The van der Waals surface area contributed by atoms with Crippen molar-refractivity contribution in [3.63, 3.8) is 0 Å². The Bertz CT molecular complexity index is 1060. The average molecular weight is 349 g/mol. The zero-order chi connectivity index (χ0) is 18.1. The van der Waals surface area contributed by atoms with E-state index >= 15 is 0 Å². The topological polar surface area (TPSA) is 129 Å². The summed E-state index contributed by atoms with van der Waals surface area (Å²) in [4.78, 5) is 18.7. The van der Waals surface area contributed by atoms with Gasteiger partial charge in [-0.15, -0.1) is 15.3 Å². The molecule has 3 aromatic heterocycles. The highest BCUT2D eigenvalue weighted by atomic mass is 16.2. The first-order valence-electron chi connectivity index (χ1n) is 7.92. The number of pyridine rings is 1. The van der Waals surface area contributed by atoms with E-state index in [9.17, 15) is 4.79 Å². The summed E-state index contributed by atoms with van der Waals surface area (Å²) < 4.78 is 0. The largest absolute Gasteiger partial charge is 0.334 e. The van der Waals surface area contributed by atoms with E-state index in [0.717, 1.165) is 11.1 Å². The molecule has 26 heavy (non-hydrogen) atoms. The Hall–Kier alpha value is -3.69. The second-order valence-corrected chi connectivity index (χ2v) is 5.82. The minimum atomic E-state index is -0.202. The third kappa shape index (κ3) is 2.77. The third-order valence-electron chi connectivity index (χ3n) is 4.27. The van der Waals surface area contributed by atoms with Crippen molar-refractivity contribution in [2.45, 2.75) is 13.0 Å². The first kappa shape index (κ1) is 15.8. The molecule has 0 bridgehead atoms. The smallest absolute Gasteiger partial charge is 0.272 e. The standard InChI is InChI=1S/C16H15N9O/c1-9(10-4-3-5-11(8-10)14-19-23-24-20-14)25(2)16(26)13-7-6-12-15(17-13)21-22-18-12/h3-9H,1-2H3,(H,17,18,21,22)(H,19,20,23,24). The third-order valence-corrected chi connectivity index (χ3v) is 4.27. The second-order valence-electron chi connectivity index (χ2n) is 5.82. The number of aromatic amines is 2. The van der Waals surface area contributed by atoms with Crippen LogP contribution in [0.4, 0.5) is 0 Å². The molecular weight excluding hydrogens is 334 g/mol. The van der Waals surface area contributed by atoms with Crippen LogP contribution in [0, 0.1) is 0 Å². The molecule has 1 atom stereocenters. The molecule has 10 heteroatoms. The van der Waals surface area contributed by atoms with Crippen LogP contribution in [0.1, 0.15) is 29.0 Å². The van der Waals surface area contributed by atoms with Crippen molar-refractivity contribution in [3.8, 4) is 11.4 Å². The lowest BCUT2D eigenvalue weighted by Gasteiger charge is -2.25. The molecular formula is C16H15N9O. The SMILES string of the molecule is CC(c1cccc(-c2nn[nH]n2)c1)N(C)C(=O)c1ccc2n[nH]nc2n1. The summed E-state index contributed by atoms with van der Waals surface area (Å²) in [6, 6.07) is 10.9. The van der Waals surface area contributed by atoms with Gasteiger partial charge in [0.1, 0.15) is 11.2 Å². The normalized spacial score (nSPS) is 12.2. The highest BCUT2D eigenvalue weighted by molar-refractivity contribution is 5.94. The van der Waals surface area contributed by atoms with Crippen LogP contribution in [-0.4, -0.2) is 58.9 Å². The zero-order valence-corrected chi connectivity index (χ0v) is 14.1. The summed E-state index contributed by atoms with van der Waals surface area (Å²) in [5.74, 6) is 0.304. The van der Waals surface area contributed by atoms with Gasteiger partial charge >= 0.3 is 0 Å². The summed E-state index contributed by atoms with van der Waals surface area (Å²) >= 11 is 0. The van der Waals surface area contributed by atoms with Gasteiger partial charge in [0.15, 0.2) is 0 Å². The maximum absolute atomic E-state index is 12.8. The molecule has 0 fully saturated rings. The van der Waals surface area contributed by atoms with Gasteiger partial charge in [-0.25, -0.2) is 4.98 Å². The molecule has 4 aromatic rings. The molecule has 0 saturated heterocycles. The maximum atomic E-state index is 12.8. The number of benzene rings is 1. The number of nitrogens with zero attached hydrogens (tertiary/aromatic N) is 7. The van der Waals surface area contributed by atoms with E-state index in [2.05, 4.69) is 41.0 Å². The lowest BCUT2D eigenvalue weighted by molar-refractivity contribution is 0.0737. The lowest BCUT2D eigenvalue weighted by atomic mass is 10.0. The molecule has 130 valence electrons. The second kappa shape index (κ2) is 6.31. The van der Waals surface area contributed by atoms with E-state index in [1.807, 2.05) is 31.2 Å². The molecule has 3 heterocycles. The van der Waals surface area contributed by atoms with Crippen molar-refractivity contribution >= 4 is 17.1 Å². The molecule has 2 N–H and O–H groups in total. The van der Waals surface area contributed by atoms with Gasteiger partial charge in [-0.05, 0) is 35.9 Å². The molecule has 0 aliphatic rings. The summed E-state index contributed by atoms with van der Waals surface area (Å²) in [7, 11) is 1.74. The molecule has 0 radical (unpaired) electrons. The van der Waals surface area contributed by atoms with Crippen LogP contribution in [-0.2, 0) is 0 Å². The van der Waals surface area contributed by atoms with E-state index in [-0.39, 0.29) is 11.9 Å². The molecule has 0 spiro atoms. The number of carbonyl (C=O) groups is 1. The van der Waals surface area contributed by atoms with Crippen LogP contribution < -0.4 is 0 Å². The highest BCUT2D eigenvalue weighted by Crippen LogP contribution is 2.24. The van der Waals surface area contributed by atoms with Gasteiger partial charge < -0.3 is 4.90 Å². The monoisotopic (exact) mass is 349 g/mol. The predicted octanol–water partition coefficient (Wildman–Crippen LogP) is 1.37. The number of rotatable bonds is 4. The van der Waals surface area contributed by atoms with Gasteiger partial charge in [0.05, 0.1) is 6.04 Å². The molecule has 0 aliphatic heterocycles. The highest BCUT2D eigenvalue weighted by Gasteiger charge is 2.21. The number of carbonyl (C=O) groups excluding carboxylic acids is 1. The van der Waals surface area contributed by atoms with Crippen molar-refractivity contribution in [1.29, 1.82) is 0 Å². The van der Waals surface area contributed by atoms with Crippen molar-refractivity contribution in [3.05, 3.63) is 47.7 Å². The summed E-state index contributed by atoms with van der Waals surface area (Å²) in [5.41, 5.74) is 3.12. The van der Waals surface area contributed by atoms with Crippen LogP contribution in [0.2, 0.25) is 0 Å². The van der Waals surface area contributed by atoms with Crippen LogP contribution in [0.5, 0.6) is 0 Å². The number of fused-ring (bicyclic) bond motifs is 1. The van der Waals surface area contributed by atoms with Gasteiger partial charge in [0, 0.05) is 12.6 Å². The first-order chi connectivity index (χ1) is 12.6. The lowest BCUT2D eigenvalue weighted by Crippen LogP contribution is -2.30. The maximum Gasteiger partial charge on any atom is 0.272 e. The van der Waals surface area contributed by atoms with E-state index < -0.39 is 0 Å². The fourth-order valence-electron chi connectivity index (χ4n) is 2.66. The molecule has 0 saturated carbocycles. The number of H-pyrrole nitrogens is 2. The van der Waals surface area contributed by atoms with E-state index in [1.54, 1.807) is 24.1 Å². The molecule has 1 unspecified atom stereocenters. The molecule has 1 amide bonds. The summed E-state index contributed by atoms with van der Waals surface area (Å²) in [6.45, 7) is 1.95. The zero-order valence-electron chi connectivity index (χ0n) is 14.1. The van der Waals surface area contributed by atoms with Gasteiger partial charge in [-0.1, -0.05) is 18.2 Å². The summed E-state index contributed by atoms with van der Waals surface area (Å²) in [5, 5.41) is 24.3. The van der Waals surface area contributed by atoms with Gasteiger partial charge in [-0.2, -0.15) is 15.5 Å². The molecule has 1 aromatic carbocycles. The van der Waals surface area contributed by atoms with E-state index in [1.165, 1.54) is 0 Å².